The molecular formula is C26H21BrClFN2O3S2. The lowest BCUT2D eigenvalue weighted by molar-refractivity contribution is 0.104. The van der Waals surface area contributed by atoms with Crippen LogP contribution in [0.2, 0.25) is 5.02 Å². The predicted molar refractivity (Wildman–Crippen MR) is 147 cm³/mol. The van der Waals surface area contributed by atoms with Crippen LogP contribution in [0.1, 0.15) is 40.6 Å². The van der Waals surface area contributed by atoms with Gasteiger partial charge in [-0.2, -0.15) is 0 Å². The minimum Gasteiger partial charge on any atom is -0.396 e. The summed E-state index contributed by atoms with van der Waals surface area (Å²) in [5, 5.41) is 2.94. The van der Waals surface area contributed by atoms with E-state index in [0.717, 1.165) is 39.6 Å². The third-order valence-corrected chi connectivity index (χ3v) is 9.42. The molecule has 0 saturated heterocycles. The fourth-order valence-corrected chi connectivity index (χ4v) is 6.99. The normalized spacial score (nSPS) is 11.6. The number of nitrogens with two attached hydrogens (primary N) is 1. The monoisotopic (exact) mass is 606 g/mol. The Hall–Kier alpha value is -2.72. The van der Waals surface area contributed by atoms with Crippen LogP contribution in [0.5, 0.6) is 0 Å². The molecule has 4 aromatic rings. The van der Waals surface area contributed by atoms with Crippen molar-refractivity contribution >= 4 is 70.9 Å². The highest BCUT2D eigenvalue weighted by molar-refractivity contribution is 9.10. The van der Waals surface area contributed by atoms with E-state index in [1.54, 1.807) is 24.3 Å². The van der Waals surface area contributed by atoms with E-state index in [9.17, 15) is 17.6 Å². The summed E-state index contributed by atoms with van der Waals surface area (Å²) in [6.45, 7) is 4.14. The van der Waals surface area contributed by atoms with Gasteiger partial charge in [-0.15, -0.1) is 11.3 Å². The van der Waals surface area contributed by atoms with E-state index in [2.05, 4.69) is 35.1 Å². The maximum Gasteiger partial charge on any atom is 0.211 e. The van der Waals surface area contributed by atoms with Crippen molar-refractivity contribution < 1.29 is 17.6 Å². The average molecular weight is 608 g/mol. The molecule has 0 atom stereocenters. The second kappa shape index (κ2) is 10.3. The van der Waals surface area contributed by atoms with Gasteiger partial charge >= 0.3 is 0 Å². The second-order valence-corrected chi connectivity index (χ2v) is 12.6. The van der Waals surface area contributed by atoms with Gasteiger partial charge in [-0.3, -0.25) is 4.79 Å². The zero-order chi connectivity index (χ0) is 26.2. The Balaban J connectivity index is 1.86. The zero-order valence-electron chi connectivity index (χ0n) is 19.2. The van der Waals surface area contributed by atoms with Crippen LogP contribution in [0, 0.1) is 5.82 Å². The third kappa shape index (κ3) is 5.20. The number of rotatable bonds is 7. The summed E-state index contributed by atoms with van der Waals surface area (Å²) in [6, 6.07) is 17.3. The number of ketones is 1. The van der Waals surface area contributed by atoms with E-state index in [1.807, 2.05) is 24.3 Å². The van der Waals surface area contributed by atoms with Gasteiger partial charge in [0.25, 0.3) is 0 Å². The van der Waals surface area contributed by atoms with Crippen LogP contribution in [-0.2, 0) is 9.84 Å². The van der Waals surface area contributed by atoms with Crippen molar-refractivity contribution in [3.05, 3.63) is 98.0 Å². The molecular weight excluding hydrogens is 587 g/mol. The van der Waals surface area contributed by atoms with Crippen molar-refractivity contribution in [2.75, 3.05) is 11.1 Å². The first-order valence-corrected chi connectivity index (χ1v) is 14.3. The van der Waals surface area contributed by atoms with Crippen molar-refractivity contribution in [3.63, 3.8) is 0 Å². The highest BCUT2D eigenvalue weighted by atomic mass is 79.9. The summed E-state index contributed by atoms with van der Waals surface area (Å²) in [7, 11) is -4.27. The van der Waals surface area contributed by atoms with Gasteiger partial charge < -0.3 is 11.1 Å². The lowest BCUT2D eigenvalue weighted by Crippen LogP contribution is -2.08. The third-order valence-electron chi connectivity index (χ3n) is 5.52. The zero-order valence-corrected chi connectivity index (χ0v) is 23.2. The van der Waals surface area contributed by atoms with Crippen LogP contribution in [0.3, 0.4) is 0 Å². The topological polar surface area (TPSA) is 89.3 Å². The maximum absolute atomic E-state index is 13.7. The molecule has 186 valence electrons. The van der Waals surface area contributed by atoms with Gasteiger partial charge in [-0.25, -0.2) is 12.8 Å². The summed E-state index contributed by atoms with van der Waals surface area (Å²) in [4.78, 5) is 12.9. The van der Waals surface area contributed by atoms with E-state index < -0.39 is 21.4 Å². The molecule has 0 bridgehead atoms. The molecule has 4 rings (SSSR count). The molecule has 1 aromatic heterocycles. The molecule has 0 radical (unpaired) electrons. The second-order valence-electron chi connectivity index (χ2n) is 8.32. The minimum atomic E-state index is -4.27. The van der Waals surface area contributed by atoms with Gasteiger partial charge in [0, 0.05) is 15.7 Å². The quantitative estimate of drug-likeness (QED) is 0.165. The number of hydrogen-bond acceptors (Lipinski definition) is 6. The van der Waals surface area contributed by atoms with E-state index in [1.165, 1.54) is 0 Å². The molecule has 10 heteroatoms. The van der Waals surface area contributed by atoms with Crippen LogP contribution in [0.15, 0.2) is 81.0 Å². The van der Waals surface area contributed by atoms with Crippen molar-refractivity contribution in [2.24, 2.45) is 0 Å². The maximum atomic E-state index is 13.7. The highest BCUT2D eigenvalue weighted by Crippen LogP contribution is 2.44. The van der Waals surface area contributed by atoms with Crippen LogP contribution < -0.4 is 11.1 Å². The Bertz CT molecular complexity index is 1550. The van der Waals surface area contributed by atoms with Crippen LogP contribution >= 0.6 is 38.9 Å². The first-order chi connectivity index (χ1) is 17.0. The van der Waals surface area contributed by atoms with Crippen molar-refractivity contribution in [3.8, 4) is 0 Å². The van der Waals surface area contributed by atoms with Gasteiger partial charge in [0.1, 0.15) is 20.6 Å². The average Bonchev–Trinajstić information content (AvgIpc) is 3.17. The number of hydrogen-bond donors (Lipinski definition) is 2. The Kier molecular flexibility index (Phi) is 7.56. The van der Waals surface area contributed by atoms with E-state index in [4.69, 9.17) is 17.3 Å². The molecule has 3 N–H and O–H groups in total. The summed E-state index contributed by atoms with van der Waals surface area (Å²) < 4.78 is 41.9. The summed E-state index contributed by atoms with van der Waals surface area (Å²) in [6.07, 6.45) is 0. The molecule has 3 aromatic carbocycles. The molecule has 0 aliphatic heterocycles. The van der Waals surface area contributed by atoms with Crippen molar-refractivity contribution in [2.45, 2.75) is 29.6 Å². The Labute approximate surface area is 226 Å². The summed E-state index contributed by atoms with van der Waals surface area (Å²) in [5.41, 5.74) is 8.24. The molecule has 0 saturated carbocycles. The summed E-state index contributed by atoms with van der Waals surface area (Å²) >= 11 is 10.1. The Morgan fingerprint density at radius 2 is 1.69 bits per heavy atom. The predicted octanol–water partition coefficient (Wildman–Crippen LogP) is 7.82. The molecule has 0 unspecified atom stereocenters. The number of carbonyl (C=O) groups is 1. The van der Waals surface area contributed by atoms with E-state index in [-0.39, 0.29) is 30.4 Å². The van der Waals surface area contributed by atoms with Gasteiger partial charge in [0.15, 0.2) is 0 Å². The molecule has 0 amide bonds. The summed E-state index contributed by atoms with van der Waals surface area (Å²) in [5.74, 6) is -0.837. The van der Waals surface area contributed by atoms with E-state index in [0.29, 0.717) is 17.2 Å². The molecule has 0 aliphatic carbocycles. The number of nitrogens with one attached hydrogen (secondary N) is 1. The van der Waals surface area contributed by atoms with E-state index >= 15 is 0 Å². The fourth-order valence-electron chi connectivity index (χ4n) is 3.52. The Morgan fingerprint density at radius 1 is 1.06 bits per heavy atom. The van der Waals surface area contributed by atoms with Crippen molar-refractivity contribution in [1.29, 1.82) is 0 Å². The largest absolute Gasteiger partial charge is 0.396 e. The van der Waals surface area contributed by atoms with Crippen LogP contribution in [0.25, 0.3) is 0 Å². The van der Waals surface area contributed by atoms with Gasteiger partial charge in [0.2, 0.25) is 15.6 Å². The number of anilines is 3. The lowest BCUT2D eigenvalue weighted by Gasteiger charge is -2.11. The first-order valence-electron chi connectivity index (χ1n) is 10.8. The molecule has 5 nitrogen and oxygen atoms in total. The smallest absolute Gasteiger partial charge is 0.211 e. The minimum absolute atomic E-state index is 0.0745. The number of benzene rings is 3. The highest BCUT2D eigenvalue weighted by Gasteiger charge is 2.32. The SMILES string of the molecule is CC(C)c1ccc(Nc2sc(C(=O)c3ccc(Br)cc3)c(N)c2S(=O)(=O)c2ccc(F)c(Cl)c2)cc1. The molecule has 0 aliphatic rings. The number of nitrogen functional groups attached to an aromatic ring is 1. The fraction of sp³-hybridized carbons (Fsp3) is 0.115. The van der Waals surface area contributed by atoms with Crippen molar-refractivity contribution in [1.82, 2.24) is 0 Å². The molecule has 0 fully saturated rings. The number of halogens is 3. The van der Waals surface area contributed by atoms with Gasteiger partial charge in [-0.1, -0.05) is 53.5 Å². The van der Waals surface area contributed by atoms with Crippen LogP contribution in [0.4, 0.5) is 20.8 Å². The van der Waals surface area contributed by atoms with Gasteiger partial charge in [-0.05, 0) is 66.1 Å². The number of carbonyl (C=O) groups excluding carboxylic acids is 1. The van der Waals surface area contributed by atoms with Crippen LogP contribution in [-0.4, -0.2) is 14.2 Å². The molecule has 36 heavy (non-hydrogen) atoms. The van der Waals surface area contributed by atoms with Gasteiger partial charge in [0.05, 0.1) is 15.6 Å². The molecule has 1 heterocycles. The molecule has 0 spiro atoms. The first kappa shape index (κ1) is 26.3. The lowest BCUT2D eigenvalue weighted by atomic mass is 10.0. The Morgan fingerprint density at radius 3 is 2.28 bits per heavy atom. The number of sulfone groups is 1. The number of thiophene rings is 1. The standard InChI is InChI=1S/C26H21BrClFN2O3S2/c1-14(2)15-5-9-18(10-6-15)31-26-25(36(33,34)19-11-12-21(29)20(28)13-19)22(30)24(35-26)23(32)16-3-7-17(27)8-4-16/h3-14,31H,30H2,1-2H3.